The van der Waals surface area contributed by atoms with Crippen molar-refractivity contribution in [1.82, 2.24) is 5.32 Å². The van der Waals surface area contributed by atoms with Crippen molar-refractivity contribution < 1.29 is 9.53 Å². The van der Waals surface area contributed by atoms with Crippen LogP contribution in [0.4, 0.5) is 0 Å². The Balaban J connectivity index is 2.21. The second-order valence-corrected chi connectivity index (χ2v) is 3.96. The number of rotatable bonds is 5. The molecule has 0 spiro atoms. The van der Waals surface area contributed by atoms with E-state index < -0.39 is 0 Å². The predicted octanol–water partition coefficient (Wildman–Crippen LogP) is 2.10. The molecule has 0 saturated heterocycles. The summed E-state index contributed by atoms with van der Waals surface area (Å²) in [5.41, 5.74) is 1.19. The fourth-order valence-electron chi connectivity index (χ4n) is 1.13. The Morgan fingerprint density at radius 1 is 1.47 bits per heavy atom. The van der Waals surface area contributed by atoms with Crippen LogP contribution >= 0.6 is 15.9 Å². The summed E-state index contributed by atoms with van der Waals surface area (Å²) in [7, 11) is 0. The van der Waals surface area contributed by atoms with Gasteiger partial charge in [-0.1, -0.05) is 34.1 Å². The van der Waals surface area contributed by atoms with Crippen molar-refractivity contribution in [1.29, 1.82) is 0 Å². The number of carbonyl (C=O) groups excluding carboxylic acids is 1. The number of ether oxygens (including phenoxy) is 1. The van der Waals surface area contributed by atoms with Crippen LogP contribution in [0.15, 0.2) is 28.7 Å². The minimum Gasteiger partial charge on any atom is -0.465 e. The molecule has 0 aliphatic heterocycles. The maximum absolute atomic E-state index is 10.5. The molecule has 0 unspecified atom stereocenters. The van der Waals surface area contributed by atoms with Gasteiger partial charge in [0.2, 0.25) is 0 Å². The molecule has 1 N–H and O–H groups in total. The zero-order valence-corrected chi connectivity index (χ0v) is 10.2. The Hall–Kier alpha value is -0.870. The first kappa shape index (κ1) is 12.2. The molecular formula is C11H14BrNO2. The molecule has 0 bridgehead atoms. The zero-order valence-electron chi connectivity index (χ0n) is 8.63. The number of benzene rings is 1. The molecule has 0 fully saturated rings. The smallest absolute Gasteiger partial charge is 0.302 e. The molecule has 1 aromatic rings. The summed E-state index contributed by atoms with van der Waals surface area (Å²) in [6.07, 6.45) is 0. The molecule has 0 aromatic heterocycles. The topological polar surface area (TPSA) is 38.3 Å². The highest BCUT2D eigenvalue weighted by Gasteiger charge is 1.97. The maximum atomic E-state index is 10.5. The van der Waals surface area contributed by atoms with Crippen molar-refractivity contribution in [2.24, 2.45) is 0 Å². The molecule has 0 atom stereocenters. The van der Waals surface area contributed by atoms with E-state index >= 15 is 0 Å². The van der Waals surface area contributed by atoms with E-state index in [-0.39, 0.29) is 5.97 Å². The lowest BCUT2D eigenvalue weighted by Crippen LogP contribution is -2.20. The van der Waals surface area contributed by atoms with Gasteiger partial charge >= 0.3 is 5.97 Å². The first-order valence-electron chi connectivity index (χ1n) is 4.77. The lowest BCUT2D eigenvalue weighted by atomic mass is 10.2. The Labute approximate surface area is 97.9 Å². The summed E-state index contributed by atoms with van der Waals surface area (Å²) < 4.78 is 5.88. The molecule has 0 aliphatic carbocycles. The highest BCUT2D eigenvalue weighted by molar-refractivity contribution is 9.10. The molecular weight excluding hydrogens is 258 g/mol. The van der Waals surface area contributed by atoms with E-state index in [0.29, 0.717) is 13.2 Å². The lowest BCUT2D eigenvalue weighted by molar-refractivity contribution is -0.140. The van der Waals surface area contributed by atoms with Crippen molar-refractivity contribution in [2.45, 2.75) is 13.5 Å². The minimum atomic E-state index is -0.238. The van der Waals surface area contributed by atoms with Crippen LogP contribution in [-0.4, -0.2) is 19.1 Å². The second-order valence-electron chi connectivity index (χ2n) is 3.11. The van der Waals surface area contributed by atoms with Gasteiger partial charge in [-0.3, -0.25) is 4.79 Å². The number of hydrogen-bond donors (Lipinski definition) is 1. The molecule has 4 heteroatoms. The van der Waals surface area contributed by atoms with Gasteiger partial charge in [0.1, 0.15) is 6.61 Å². The molecule has 1 rings (SSSR count). The van der Waals surface area contributed by atoms with Gasteiger partial charge in [0.25, 0.3) is 0 Å². The van der Waals surface area contributed by atoms with Crippen molar-refractivity contribution in [2.75, 3.05) is 13.2 Å². The summed E-state index contributed by atoms with van der Waals surface area (Å²) in [6, 6.07) is 8.02. The fourth-order valence-corrected chi connectivity index (χ4v) is 1.56. The fraction of sp³-hybridized carbons (Fsp3) is 0.364. The number of esters is 1. The number of halogens is 1. The summed E-state index contributed by atoms with van der Waals surface area (Å²) in [6.45, 7) is 3.26. The Morgan fingerprint density at radius 2 is 2.20 bits per heavy atom. The third-order valence-electron chi connectivity index (χ3n) is 1.86. The van der Waals surface area contributed by atoms with E-state index in [4.69, 9.17) is 4.74 Å². The van der Waals surface area contributed by atoms with Gasteiger partial charge in [0, 0.05) is 24.5 Å². The van der Waals surface area contributed by atoms with Crippen molar-refractivity contribution in [3.8, 4) is 0 Å². The molecule has 0 aliphatic rings. The second kappa shape index (κ2) is 6.58. The van der Waals surface area contributed by atoms with Crippen molar-refractivity contribution in [3.05, 3.63) is 34.3 Å². The molecule has 0 radical (unpaired) electrons. The van der Waals surface area contributed by atoms with E-state index in [2.05, 4.69) is 21.2 Å². The molecule has 0 amide bonds. The molecule has 3 nitrogen and oxygen atoms in total. The molecule has 82 valence electrons. The highest BCUT2D eigenvalue weighted by Crippen LogP contribution is 2.14. The largest absolute Gasteiger partial charge is 0.465 e. The predicted molar refractivity (Wildman–Crippen MR) is 62.5 cm³/mol. The first-order chi connectivity index (χ1) is 7.20. The van der Waals surface area contributed by atoms with Crippen molar-refractivity contribution >= 4 is 21.9 Å². The third kappa shape index (κ3) is 4.95. The highest BCUT2D eigenvalue weighted by atomic mass is 79.9. The Morgan fingerprint density at radius 3 is 2.87 bits per heavy atom. The van der Waals surface area contributed by atoms with Crippen LogP contribution < -0.4 is 5.32 Å². The van der Waals surface area contributed by atoms with Crippen LogP contribution in [0, 0.1) is 0 Å². The zero-order chi connectivity index (χ0) is 11.1. The summed E-state index contributed by atoms with van der Waals surface area (Å²) in [5.74, 6) is -0.238. The first-order valence-corrected chi connectivity index (χ1v) is 5.57. The summed E-state index contributed by atoms with van der Waals surface area (Å²) in [5, 5.41) is 3.19. The van der Waals surface area contributed by atoms with E-state index in [9.17, 15) is 4.79 Å². The number of carbonyl (C=O) groups is 1. The van der Waals surface area contributed by atoms with Gasteiger partial charge in [-0.25, -0.2) is 0 Å². The van der Waals surface area contributed by atoms with Crippen LogP contribution in [0.5, 0.6) is 0 Å². The van der Waals surface area contributed by atoms with Gasteiger partial charge in [-0.05, 0) is 11.6 Å². The maximum Gasteiger partial charge on any atom is 0.302 e. The average molecular weight is 272 g/mol. The van der Waals surface area contributed by atoms with Gasteiger partial charge in [0.15, 0.2) is 0 Å². The summed E-state index contributed by atoms with van der Waals surface area (Å²) in [4.78, 5) is 10.5. The number of hydrogen-bond acceptors (Lipinski definition) is 3. The van der Waals surface area contributed by atoms with Crippen LogP contribution in [0.2, 0.25) is 0 Å². The summed E-state index contributed by atoms with van der Waals surface area (Å²) >= 11 is 3.46. The standard InChI is InChI=1S/C11H14BrNO2/c1-9(14)15-7-6-13-8-10-4-2-3-5-11(10)12/h2-5,13H,6-8H2,1H3. The van der Waals surface area contributed by atoms with E-state index in [1.165, 1.54) is 12.5 Å². The van der Waals surface area contributed by atoms with Crippen molar-refractivity contribution in [3.63, 3.8) is 0 Å². The third-order valence-corrected chi connectivity index (χ3v) is 2.63. The SMILES string of the molecule is CC(=O)OCCNCc1ccccc1Br. The number of nitrogens with one attached hydrogen (secondary N) is 1. The molecule has 1 aromatic carbocycles. The van der Waals surface area contributed by atoms with Crippen LogP contribution in [0.25, 0.3) is 0 Å². The average Bonchev–Trinajstić information content (AvgIpc) is 2.20. The normalized spacial score (nSPS) is 10.0. The quantitative estimate of drug-likeness (QED) is 0.659. The van der Waals surface area contributed by atoms with Crippen LogP contribution in [0.3, 0.4) is 0 Å². The molecule has 0 heterocycles. The van der Waals surface area contributed by atoms with Gasteiger partial charge < -0.3 is 10.1 Å². The monoisotopic (exact) mass is 271 g/mol. The van der Waals surface area contributed by atoms with Gasteiger partial charge in [-0.2, -0.15) is 0 Å². The van der Waals surface area contributed by atoms with Crippen LogP contribution in [0.1, 0.15) is 12.5 Å². The van der Waals surface area contributed by atoms with E-state index in [0.717, 1.165) is 11.0 Å². The van der Waals surface area contributed by atoms with Crippen LogP contribution in [-0.2, 0) is 16.1 Å². The lowest BCUT2D eigenvalue weighted by Gasteiger charge is -2.06. The van der Waals surface area contributed by atoms with Gasteiger partial charge in [0.05, 0.1) is 0 Å². The molecule has 15 heavy (non-hydrogen) atoms. The Bertz CT molecular complexity index is 328. The Kier molecular flexibility index (Phi) is 5.36. The van der Waals surface area contributed by atoms with Gasteiger partial charge in [-0.15, -0.1) is 0 Å². The minimum absolute atomic E-state index is 0.238. The van der Waals surface area contributed by atoms with E-state index in [1.54, 1.807) is 0 Å². The van der Waals surface area contributed by atoms with E-state index in [1.807, 2.05) is 24.3 Å². The molecule has 0 saturated carbocycles.